The number of esters is 1. The summed E-state index contributed by atoms with van der Waals surface area (Å²) in [6.07, 6.45) is 4.47. The SMILES string of the molecule is COC(=O)CN(Cc1cccn1Cc1ccccc1C)C1CC1. The molecule has 1 saturated carbocycles. The molecule has 0 aliphatic heterocycles. The molecule has 0 unspecified atom stereocenters. The Hall–Kier alpha value is -2.07. The summed E-state index contributed by atoms with van der Waals surface area (Å²) in [5, 5.41) is 0. The monoisotopic (exact) mass is 312 g/mol. The first-order chi connectivity index (χ1) is 11.2. The van der Waals surface area contributed by atoms with E-state index >= 15 is 0 Å². The molecule has 0 radical (unpaired) electrons. The Kier molecular flexibility index (Phi) is 4.82. The average Bonchev–Trinajstić information content (AvgIpc) is 3.31. The van der Waals surface area contributed by atoms with Gasteiger partial charge in [-0.05, 0) is 43.0 Å². The summed E-state index contributed by atoms with van der Waals surface area (Å²) >= 11 is 0. The number of hydrogen-bond donors (Lipinski definition) is 0. The van der Waals surface area contributed by atoms with E-state index in [0.717, 1.165) is 13.1 Å². The molecular weight excluding hydrogens is 288 g/mol. The highest BCUT2D eigenvalue weighted by atomic mass is 16.5. The van der Waals surface area contributed by atoms with Gasteiger partial charge in [-0.15, -0.1) is 0 Å². The Balaban J connectivity index is 1.72. The minimum Gasteiger partial charge on any atom is -0.468 e. The number of methoxy groups -OCH3 is 1. The van der Waals surface area contributed by atoms with Gasteiger partial charge in [-0.1, -0.05) is 24.3 Å². The number of aryl methyl sites for hydroxylation is 1. The quantitative estimate of drug-likeness (QED) is 0.737. The molecule has 4 heteroatoms. The Morgan fingerprint density at radius 3 is 2.74 bits per heavy atom. The lowest BCUT2D eigenvalue weighted by atomic mass is 10.1. The summed E-state index contributed by atoms with van der Waals surface area (Å²) in [6.45, 7) is 4.17. The number of carbonyl (C=O) groups is 1. The van der Waals surface area contributed by atoms with Gasteiger partial charge >= 0.3 is 5.97 Å². The van der Waals surface area contributed by atoms with Crippen molar-refractivity contribution in [2.24, 2.45) is 0 Å². The van der Waals surface area contributed by atoms with Crippen molar-refractivity contribution >= 4 is 5.97 Å². The van der Waals surface area contributed by atoms with Gasteiger partial charge in [0.1, 0.15) is 0 Å². The fourth-order valence-corrected chi connectivity index (χ4v) is 2.91. The number of rotatable bonds is 7. The van der Waals surface area contributed by atoms with E-state index in [1.54, 1.807) is 0 Å². The Bertz CT molecular complexity index is 674. The highest BCUT2D eigenvalue weighted by molar-refractivity contribution is 5.71. The number of hydrogen-bond acceptors (Lipinski definition) is 3. The van der Waals surface area contributed by atoms with Gasteiger partial charge in [0.05, 0.1) is 13.7 Å². The van der Waals surface area contributed by atoms with Gasteiger partial charge in [0.15, 0.2) is 0 Å². The first-order valence-corrected chi connectivity index (χ1v) is 8.17. The zero-order chi connectivity index (χ0) is 16.2. The van der Waals surface area contributed by atoms with Crippen LogP contribution in [0.3, 0.4) is 0 Å². The Morgan fingerprint density at radius 1 is 1.26 bits per heavy atom. The molecule has 1 fully saturated rings. The Morgan fingerprint density at radius 2 is 2.04 bits per heavy atom. The molecular formula is C19H24N2O2. The number of ether oxygens (including phenoxy) is 1. The van der Waals surface area contributed by atoms with E-state index in [0.29, 0.717) is 12.6 Å². The number of benzene rings is 1. The van der Waals surface area contributed by atoms with Crippen molar-refractivity contribution < 1.29 is 9.53 Å². The lowest BCUT2D eigenvalue weighted by Gasteiger charge is -2.22. The van der Waals surface area contributed by atoms with Crippen molar-refractivity contribution in [1.29, 1.82) is 0 Å². The molecule has 1 heterocycles. The second-order valence-corrected chi connectivity index (χ2v) is 6.27. The zero-order valence-electron chi connectivity index (χ0n) is 13.9. The van der Waals surface area contributed by atoms with Crippen LogP contribution in [-0.4, -0.2) is 35.1 Å². The van der Waals surface area contributed by atoms with E-state index in [1.165, 1.54) is 36.8 Å². The van der Waals surface area contributed by atoms with Crippen molar-refractivity contribution in [3.63, 3.8) is 0 Å². The standard InChI is InChI=1S/C19H24N2O2/c1-15-6-3-4-7-16(15)12-20-11-5-8-18(20)13-21(17-9-10-17)14-19(22)23-2/h3-8,11,17H,9-10,12-14H2,1-2H3. The van der Waals surface area contributed by atoms with Crippen LogP contribution in [0.5, 0.6) is 0 Å². The van der Waals surface area contributed by atoms with Gasteiger partial charge in [0, 0.05) is 31.0 Å². The van der Waals surface area contributed by atoms with Crippen LogP contribution >= 0.6 is 0 Å². The summed E-state index contributed by atoms with van der Waals surface area (Å²) in [5.74, 6) is -0.158. The van der Waals surface area contributed by atoms with Crippen LogP contribution in [0.2, 0.25) is 0 Å². The summed E-state index contributed by atoms with van der Waals surface area (Å²) < 4.78 is 7.10. The van der Waals surface area contributed by atoms with Gasteiger partial charge in [-0.2, -0.15) is 0 Å². The van der Waals surface area contributed by atoms with Crippen LogP contribution in [0.15, 0.2) is 42.6 Å². The third-order valence-corrected chi connectivity index (χ3v) is 4.51. The molecule has 122 valence electrons. The topological polar surface area (TPSA) is 34.5 Å². The maximum absolute atomic E-state index is 11.6. The van der Waals surface area contributed by atoms with Gasteiger partial charge in [-0.3, -0.25) is 9.69 Å². The molecule has 2 aromatic rings. The molecule has 1 aromatic carbocycles. The molecule has 1 aliphatic rings. The van der Waals surface area contributed by atoms with E-state index < -0.39 is 0 Å². The van der Waals surface area contributed by atoms with Crippen LogP contribution < -0.4 is 0 Å². The number of nitrogens with zero attached hydrogens (tertiary/aromatic N) is 2. The third kappa shape index (κ3) is 4.02. The minimum atomic E-state index is -0.158. The molecule has 0 bridgehead atoms. The molecule has 23 heavy (non-hydrogen) atoms. The smallest absolute Gasteiger partial charge is 0.319 e. The Labute approximate surface area is 137 Å². The van der Waals surface area contributed by atoms with Crippen LogP contribution in [0.1, 0.15) is 29.7 Å². The predicted molar refractivity (Wildman–Crippen MR) is 90.2 cm³/mol. The molecule has 0 amide bonds. The van der Waals surface area contributed by atoms with Crippen LogP contribution in [0.25, 0.3) is 0 Å². The summed E-state index contributed by atoms with van der Waals surface area (Å²) in [7, 11) is 1.45. The van der Waals surface area contributed by atoms with Crippen molar-refractivity contribution in [3.05, 3.63) is 59.4 Å². The van der Waals surface area contributed by atoms with E-state index in [1.807, 2.05) is 0 Å². The summed E-state index contributed by atoms with van der Waals surface area (Å²) in [5.41, 5.74) is 3.88. The van der Waals surface area contributed by atoms with E-state index in [9.17, 15) is 4.79 Å². The highest BCUT2D eigenvalue weighted by Crippen LogP contribution is 2.28. The number of carbonyl (C=O) groups excluding carboxylic acids is 1. The van der Waals surface area contributed by atoms with Gasteiger partial charge in [0.2, 0.25) is 0 Å². The maximum atomic E-state index is 11.6. The molecule has 0 N–H and O–H groups in total. The van der Waals surface area contributed by atoms with E-state index in [-0.39, 0.29) is 5.97 Å². The van der Waals surface area contributed by atoms with E-state index in [4.69, 9.17) is 4.74 Å². The summed E-state index contributed by atoms with van der Waals surface area (Å²) in [6, 6.07) is 13.2. The second kappa shape index (κ2) is 7.01. The normalized spacial score (nSPS) is 14.2. The molecule has 1 aromatic heterocycles. The first-order valence-electron chi connectivity index (χ1n) is 8.17. The lowest BCUT2D eigenvalue weighted by Crippen LogP contribution is -2.32. The fraction of sp³-hybridized carbons (Fsp3) is 0.421. The van der Waals surface area contributed by atoms with Crippen LogP contribution in [0.4, 0.5) is 0 Å². The van der Waals surface area contributed by atoms with Crippen molar-refractivity contribution in [2.75, 3.05) is 13.7 Å². The number of aromatic nitrogens is 1. The lowest BCUT2D eigenvalue weighted by molar-refractivity contribution is -0.142. The largest absolute Gasteiger partial charge is 0.468 e. The molecule has 1 aliphatic carbocycles. The van der Waals surface area contributed by atoms with Gasteiger partial charge in [0.25, 0.3) is 0 Å². The van der Waals surface area contributed by atoms with Gasteiger partial charge < -0.3 is 9.30 Å². The highest BCUT2D eigenvalue weighted by Gasteiger charge is 2.31. The predicted octanol–water partition coefficient (Wildman–Crippen LogP) is 2.98. The van der Waals surface area contributed by atoms with Crippen molar-refractivity contribution in [3.8, 4) is 0 Å². The molecule has 0 spiro atoms. The van der Waals surface area contributed by atoms with Crippen molar-refractivity contribution in [2.45, 2.75) is 38.9 Å². The molecule has 0 saturated heterocycles. The second-order valence-electron chi connectivity index (χ2n) is 6.27. The maximum Gasteiger partial charge on any atom is 0.319 e. The molecule has 0 atom stereocenters. The molecule has 3 rings (SSSR count). The minimum absolute atomic E-state index is 0.158. The molecule has 4 nitrogen and oxygen atoms in total. The first kappa shape index (κ1) is 15.8. The zero-order valence-corrected chi connectivity index (χ0v) is 13.9. The van der Waals surface area contributed by atoms with Gasteiger partial charge in [-0.25, -0.2) is 0 Å². The average molecular weight is 312 g/mol. The van der Waals surface area contributed by atoms with Crippen molar-refractivity contribution in [1.82, 2.24) is 9.47 Å². The summed E-state index contributed by atoms with van der Waals surface area (Å²) in [4.78, 5) is 13.9. The third-order valence-electron chi connectivity index (χ3n) is 4.51. The van der Waals surface area contributed by atoms with E-state index in [2.05, 4.69) is 59.0 Å². The van der Waals surface area contributed by atoms with Crippen LogP contribution in [-0.2, 0) is 22.6 Å². The fourth-order valence-electron chi connectivity index (χ4n) is 2.91. The van der Waals surface area contributed by atoms with Crippen LogP contribution in [0, 0.1) is 6.92 Å².